The largest absolute Gasteiger partial charge is 0.494 e. The smallest absolute Gasteiger partial charge is 0.327 e. The molecule has 2 aromatic carbocycles. The zero-order chi connectivity index (χ0) is 20.1. The maximum absolute atomic E-state index is 12.1. The highest BCUT2D eigenvalue weighted by Crippen LogP contribution is 2.25. The molecule has 0 atom stereocenters. The fourth-order valence-electron chi connectivity index (χ4n) is 2.68. The van der Waals surface area contributed by atoms with Crippen molar-refractivity contribution in [2.45, 2.75) is 6.92 Å². The van der Waals surface area contributed by atoms with E-state index >= 15 is 0 Å². The van der Waals surface area contributed by atoms with Gasteiger partial charge in [0.1, 0.15) is 30.3 Å². The highest BCUT2D eigenvalue weighted by atomic mass is 16.5. The number of carbonyl (C=O) groups is 3. The Hall–Kier alpha value is -3.55. The molecule has 146 valence electrons. The van der Waals surface area contributed by atoms with Gasteiger partial charge in [0.05, 0.1) is 6.61 Å². The van der Waals surface area contributed by atoms with E-state index in [9.17, 15) is 14.4 Å². The van der Waals surface area contributed by atoms with Crippen molar-refractivity contribution in [2.75, 3.05) is 32.1 Å². The Labute approximate surface area is 162 Å². The minimum Gasteiger partial charge on any atom is -0.494 e. The Morgan fingerprint density at radius 1 is 1.00 bits per heavy atom. The molecule has 3 rings (SSSR count). The lowest BCUT2D eigenvalue weighted by Gasteiger charge is -2.14. The van der Waals surface area contributed by atoms with E-state index in [4.69, 9.17) is 9.47 Å². The molecule has 1 fully saturated rings. The van der Waals surface area contributed by atoms with Crippen molar-refractivity contribution >= 4 is 23.5 Å². The normalized spacial score (nSPS) is 13.6. The number of hydrogen-bond donors (Lipinski definition) is 1. The summed E-state index contributed by atoms with van der Waals surface area (Å²) in [5.41, 5.74) is 0.538. The molecule has 2 aromatic rings. The monoisotopic (exact) mass is 383 g/mol. The van der Waals surface area contributed by atoms with Crippen LogP contribution < -0.4 is 14.8 Å². The zero-order valence-corrected chi connectivity index (χ0v) is 15.7. The molecular weight excluding hydrogens is 362 g/mol. The Morgan fingerprint density at radius 2 is 1.57 bits per heavy atom. The highest BCUT2D eigenvalue weighted by molar-refractivity contribution is 6.06. The van der Waals surface area contributed by atoms with Crippen LogP contribution in [0.5, 0.6) is 17.2 Å². The second-order valence-corrected chi connectivity index (χ2v) is 6.20. The first kappa shape index (κ1) is 19.2. The summed E-state index contributed by atoms with van der Waals surface area (Å²) in [7, 11) is 1.52. The summed E-state index contributed by atoms with van der Waals surface area (Å²) >= 11 is 0. The lowest BCUT2D eigenvalue weighted by molar-refractivity contribution is -0.129. The van der Waals surface area contributed by atoms with Crippen molar-refractivity contribution in [3.8, 4) is 17.2 Å². The summed E-state index contributed by atoms with van der Waals surface area (Å²) < 4.78 is 11.1. The van der Waals surface area contributed by atoms with Crippen LogP contribution in [0.25, 0.3) is 0 Å². The first-order valence-corrected chi connectivity index (χ1v) is 8.82. The van der Waals surface area contributed by atoms with Gasteiger partial charge in [-0.2, -0.15) is 0 Å². The molecule has 8 heteroatoms. The molecule has 1 N–H and O–H groups in total. The number of imide groups is 1. The summed E-state index contributed by atoms with van der Waals surface area (Å²) in [5.74, 6) is 1.21. The van der Waals surface area contributed by atoms with Crippen molar-refractivity contribution in [1.82, 2.24) is 9.80 Å². The first-order chi connectivity index (χ1) is 13.5. The first-order valence-electron chi connectivity index (χ1n) is 8.82. The molecule has 8 nitrogen and oxygen atoms in total. The number of benzene rings is 2. The predicted molar refractivity (Wildman–Crippen MR) is 102 cm³/mol. The molecule has 0 saturated carbocycles. The van der Waals surface area contributed by atoms with Crippen molar-refractivity contribution in [1.29, 1.82) is 0 Å². The molecule has 1 heterocycles. The Balaban J connectivity index is 1.54. The van der Waals surface area contributed by atoms with Crippen LogP contribution in [0, 0.1) is 0 Å². The van der Waals surface area contributed by atoms with Gasteiger partial charge < -0.3 is 19.7 Å². The molecule has 1 aliphatic heterocycles. The number of hydrogen-bond acceptors (Lipinski definition) is 5. The molecule has 0 aromatic heterocycles. The van der Waals surface area contributed by atoms with E-state index in [1.54, 1.807) is 24.3 Å². The third-order valence-electron chi connectivity index (χ3n) is 4.04. The van der Waals surface area contributed by atoms with Crippen LogP contribution in [0.3, 0.4) is 0 Å². The molecule has 4 amide bonds. The third-order valence-corrected chi connectivity index (χ3v) is 4.04. The number of nitrogens with one attached hydrogen (secondary N) is 1. The lowest BCUT2D eigenvalue weighted by atomic mass is 10.3. The van der Waals surface area contributed by atoms with Gasteiger partial charge in [-0.1, -0.05) is 0 Å². The summed E-state index contributed by atoms with van der Waals surface area (Å²) in [5, 5.41) is 2.66. The van der Waals surface area contributed by atoms with E-state index in [2.05, 4.69) is 5.32 Å². The topological polar surface area (TPSA) is 88.2 Å². The Bertz CT molecular complexity index is 864. The molecule has 1 saturated heterocycles. The number of ether oxygens (including phenoxy) is 2. The maximum Gasteiger partial charge on any atom is 0.327 e. The molecule has 28 heavy (non-hydrogen) atoms. The van der Waals surface area contributed by atoms with Gasteiger partial charge in [-0.25, -0.2) is 4.79 Å². The van der Waals surface area contributed by atoms with Crippen LogP contribution in [0.2, 0.25) is 0 Å². The zero-order valence-electron chi connectivity index (χ0n) is 15.7. The SMILES string of the molecule is CCOc1ccc(Oc2ccc(NC(=O)CN3C(=O)CN(C)C3=O)cc2)cc1. The van der Waals surface area contributed by atoms with Gasteiger partial charge in [-0.05, 0) is 55.5 Å². The number of rotatable bonds is 7. The molecule has 0 bridgehead atoms. The van der Waals surface area contributed by atoms with Crippen LogP contribution >= 0.6 is 0 Å². The number of likely N-dealkylation sites (N-methyl/N-ethyl adjacent to an activating group) is 1. The number of urea groups is 1. The van der Waals surface area contributed by atoms with E-state index in [1.165, 1.54) is 11.9 Å². The van der Waals surface area contributed by atoms with Crippen LogP contribution in [0.1, 0.15) is 6.92 Å². The molecular formula is C20H21N3O5. The fraction of sp³-hybridized carbons (Fsp3) is 0.250. The molecule has 0 spiro atoms. The van der Waals surface area contributed by atoms with Crippen molar-refractivity contribution in [2.24, 2.45) is 0 Å². The highest BCUT2D eigenvalue weighted by Gasteiger charge is 2.34. The number of amides is 4. The molecule has 1 aliphatic rings. The van der Waals surface area contributed by atoms with Gasteiger partial charge in [0.15, 0.2) is 0 Å². The van der Waals surface area contributed by atoms with Gasteiger partial charge in [-0.3, -0.25) is 14.5 Å². The predicted octanol–water partition coefficient (Wildman–Crippen LogP) is 2.71. The summed E-state index contributed by atoms with van der Waals surface area (Å²) in [6.45, 7) is 2.20. The van der Waals surface area contributed by atoms with Crippen LogP contribution in [0.4, 0.5) is 10.5 Å². The molecule has 0 radical (unpaired) electrons. The van der Waals surface area contributed by atoms with E-state index in [0.29, 0.717) is 23.8 Å². The van der Waals surface area contributed by atoms with Crippen LogP contribution in [0.15, 0.2) is 48.5 Å². The van der Waals surface area contributed by atoms with E-state index in [1.807, 2.05) is 31.2 Å². The van der Waals surface area contributed by atoms with Crippen LogP contribution in [-0.2, 0) is 9.59 Å². The van der Waals surface area contributed by atoms with Gasteiger partial charge >= 0.3 is 6.03 Å². The second kappa shape index (κ2) is 8.43. The summed E-state index contributed by atoms with van der Waals surface area (Å²) in [4.78, 5) is 37.8. The van der Waals surface area contributed by atoms with Crippen LogP contribution in [-0.4, -0.2) is 54.4 Å². The Kier molecular flexibility index (Phi) is 5.78. The van der Waals surface area contributed by atoms with Gasteiger partial charge in [-0.15, -0.1) is 0 Å². The average molecular weight is 383 g/mol. The number of nitrogens with zero attached hydrogens (tertiary/aromatic N) is 2. The molecule has 0 unspecified atom stereocenters. The number of carbonyl (C=O) groups excluding carboxylic acids is 3. The van der Waals surface area contributed by atoms with Gasteiger partial charge in [0.25, 0.3) is 5.91 Å². The van der Waals surface area contributed by atoms with Gasteiger partial charge in [0, 0.05) is 12.7 Å². The summed E-state index contributed by atoms with van der Waals surface area (Å²) in [6, 6.07) is 13.6. The molecule has 0 aliphatic carbocycles. The fourth-order valence-corrected chi connectivity index (χ4v) is 2.68. The minimum absolute atomic E-state index is 0.0102. The summed E-state index contributed by atoms with van der Waals surface area (Å²) in [6.07, 6.45) is 0. The van der Waals surface area contributed by atoms with E-state index in [-0.39, 0.29) is 19.0 Å². The third kappa shape index (κ3) is 4.59. The van der Waals surface area contributed by atoms with Gasteiger partial charge in [0.2, 0.25) is 5.91 Å². The van der Waals surface area contributed by atoms with Crippen molar-refractivity contribution in [3.63, 3.8) is 0 Å². The average Bonchev–Trinajstić information content (AvgIpc) is 2.91. The minimum atomic E-state index is -0.473. The van der Waals surface area contributed by atoms with Crippen molar-refractivity contribution in [3.05, 3.63) is 48.5 Å². The van der Waals surface area contributed by atoms with E-state index < -0.39 is 11.9 Å². The second-order valence-electron chi connectivity index (χ2n) is 6.20. The quantitative estimate of drug-likeness (QED) is 0.743. The van der Waals surface area contributed by atoms with E-state index in [0.717, 1.165) is 10.6 Å². The standard InChI is InChI=1S/C20H21N3O5/c1-3-27-15-8-10-17(11-9-15)28-16-6-4-14(5-7-16)21-18(24)12-23-19(25)13-22(2)20(23)26/h4-11H,3,12-13H2,1-2H3,(H,21,24). The maximum atomic E-state index is 12.1. The Morgan fingerprint density at radius 3 is 2.11 bits per heavy atom. The lowest BCUT2D eigenvalue weighted by Crippen LogP contribution is -2.38. The number of anilines is 1. The van der Waals surface area contributed by atoms with Crippen molar-refractivity contribution < 1.29 is 23.9 Å².